The summed E-state index contributed by atoms with van der Waals surface area (Å²) in [5.41, 5.74) is 1.23. The van der Waals surface area contributed by atoms with E-state index in [2.05, 4.69) is 4.74 Å². The second-order valence-corrected chi connectivity index (χ2v) is 3.18. The van der Waals surface area contributed by atoms with Crippen LogP contribution in [0, 0.1) is 13.8 Å². The minimum absolute atomic E-state index is 0.208. The van der Waals surface area contributed by atoms with Crippen LogP contribution in [0.15, 0.2) is 12.1 Å². The van der Waals surface area contributed by atoms with E-state index < -0.39 is 6.61 Å². The van der Waals surface area contributed by atoms with Crippen LogP contribution >= 0.6 is 11.6 Å². The summed E-state index contributed by atoms with van der Waals surface area (Å²) >= 11 is 5.72. The molecule has 1 rings (SSSR count). The summed E-state index contributed by atoms with van der Waals surface area (Å²) < 4.78 is 28.2. The van der Waals surface area contributed by atoms with Crippen LogP contribution in [-0.2, 0) is 0 Å². The van der Waals surface area contributed by atoms with Gasteiger partial charge in [-0.2, -0.15) is 8.78 Å². The number of rotatable bonds is 2. The summed E-state index contributed by atoms with van der Waals surface area (Å²) in [6, 6.07) is 3.18. The van der Waals surface area contributed by atoms with Crippen molar-refractivity contribution in [2.45, 2.75) is 20.5 Å². The van der Waals surface area contributed by atoms with E-state index in [0.29, 0.717) is 16.1 Å². The molecule has 0 saturated carbocycles. The molecule has 0 aromatic heterocycles. The van der Waals surface area contributed by atoms with Gasteiger partial charge in [0.25, 0.3) is 0 Å². The van der Waals surface area contributed by atoms with Gasteiger partial charge in [0.05, 0.1) is 0 Å². The molecule has 0 unspecified atom stereocenters. The molecule has 0 N–H and O–H groups in total. The monoisotopic (exact) mass is 206 g/mol. The highest BCUT2D eigenvalue weighted by molar-refractivity contribution is 6.30. The number of ether oxygens (including phenoxy) is 1. The lowest BCUT2D eigenvalue weighted by atomic mass is 10.1. The van der Waals surface area contributed by atoms with E-state index in [0.717, 1.165) is 0 Å². The van der Waals surface area contributed by atoms with Crippen LogP contribution in [0.1, 0.15) is 11.1 Å². The van der Waals surface area contributed by atoms with Gasteiger partial charge in [-0.3, -0.25) is 0 Å². The van der Waals surface area contributed by atoms with Crippen LogP contribution in [0.2, 0.25) is 5.02 Å². The van der Waals surface area contributed by atoms with Crippen LogP contribution < -0.4 is 4.74 Å². The lowest BCUT2D eigenvalue weighted by Gasteiger charge is -2.10. The third-order valence-corrected chi connectivity index (χ3v) is 1.85. The molecule has 0 amide bonds. The van der Waals surface area contributed by atoms with Crippen LogP contribution in [0.25, 0.3) is 0 Å². The zero-order valence-corrected chi connectivity index (χ0v) is 8.03. The summed E-state index contributed by atoms with van der Waals surface area (Å²) in [4.78, 5) is 0. The summed E-state index contributed by atoms with van der Waals surface area (Å²) in [5.74, 6) is 0.208. The molecule has 0 aliphatic rings. The fraction of sp³-hybridized carbons (Fsp3) is 0.333. The SMILES string of the molecule is Cc1cc(Cl)cc(C)c1OC(F)F. The van der Waals surface area contributed by atoms with Gasteiger partial charge >= 0.3 is 6.61 Å². The third kappa shape index (κ3) is 2.56. The minimum Gasteiger partial charge on any atom is -0.434 e. The smallest absolute Gasteiger partial charge is 0.387 e. The van der Waals surface area contributed by atoms with Crippen molar-refractivity contribution in [3.8, 4) is 5.75 Å². The van der Waals surface area contributed by atoms with E-state index in [-0.39, 0.29) is 5.75 Å². The molecular formula is C9H9ClF2O. The first kappa shape index (κ1) is 10.3. The number of alkyl halides is 2. The summed E-state index contributed by atoms with van der Waals surface area (Å²) in [7, 11) is 0. The molecule has 0 bridgehead atoms. The van der Waals surface area contributed by atoms with Gasteiger partial charge in [0, 0.05) is 5.02 Å². The van der Waals surface area contributed by atoms with Crippen molar-refractivity contribution in [1.82, 2.24) is 0 Å². The molecular weight excluding hydrogens is 198 g/mol. The maximum Gasteiger partial charge on any atom is 0.387 e. The number of hydrogen-bond donors (Lipinski definition) is 0. The van der Waals surface area contributed by atoms with Gasteiger partial charge in [-0.25, -0.2) is 0 Å². The molecule has 1 aromatic rings. The Kier molecular flexibility index (Phi) is 3.09. The second kappa shape index (κ2) is 3.92. The van der Waals surface area contributed by atoms with Crippen molar-refractivity contribution in [1.29, 1.82) is 0 Å². The topological polar surface area (TPSA) is 9.23 Å². The second-order valence-electron chi connectivity index (χ2n) is 2.75. The van der Waals surface area contributed by atoms with Crippen molar-refractivity contribution in [3.63, 3.8) is 0 Å². The molecule has 72 valence electrons. The predicted molar refractivity (Wildman–Crippen MR) is 47.6 cm³/mol. The van der Waals surface area contributed by atoms with Gasteiger partial charge in [0.1, 0.15) is 5.75 Å². The summed E-state index contributed by atoms with van der Waals surface area (Å²) in [5, 5.41) is 0.525. The van der Waals surface area contributed by atoms with Gasteiger partial charge in [0.2, 0.25) is 0 Å². The summed E-state index contributed by atoms with van der Waals surface area (Å²) in [6.07, 6.45) is 0. The average molecular weight is 207 g/mol. The van der Waals surface area contributed by atoms with Gasteiger partial charge in [-0.1, -0.05) is 11.6 Å². The first-order valence-corrected chi connectivity index (χ1v) is 4.10. The van der Waals surface area contributed by atoms with Crippen LogP contribution in [0.4, 0.5) is 8.78 Å². The predicted octanol–water partition coefficient (Wildman–Crippen LogP) is 3.56. The van der Waals surface area contributed by atoms with Crippen molar-refractivity contribution in [3.05, 3.63) is 28.3 Å². The Morgan fingerprint density at radius 3 is 2.08 bits per heavy atom. The number of hydrogen-bond acceptors (Lipinski definition) is 1. The Labute approximate surface area is 80.3 Å². The maximum atomic E-state index is 11.9. The van der Waals surface area contributed by atoms with E-state index in [1.165, 1.54) is 0 Å². The van der Waals surface area contributed by atoms with Crippen LogP contribution in [0.3, 0.4) is 0 Å². The van der Waals surface area contributed by atoms with Gasteiger partial charge in [-0.05, 0) is 37.1 Å². The van der Waals surface area contributed by atoms with E-state index in [4.69, 9.17) is 11.6 Å². The molecule has 0 fully saturated rings. The Balaban J connectivity index is 3.06. The molecule has 13 heavy (non-hydrogen) atoms. The van der Waals surface area contributed by atoms with Gasteiger partial charge < -0.3 is 4.74 Å². The third-order valence-electron chi connectivity index (χ3n) is 1.63. The molecule has 0 saturated heterocycles. The minimum atomic E-state index is -2.79. The lowest BCUT2D eigenvalue weighted by molar-refractivity contribution is -0.0507. The summed E-state index contributed by atoms with van der Waals surface area (Å²) in [6.45, 7) is 0.561. The quantitative estimate of drug-likeness (QED) is 0.719. The van der Waals surface area contributed by atoms with Crippen molar-refractivity contribution in [2.24, 2.45) is 0 Å². The Bertz CT molecular complexity index is 289. The molecule has 0 aliphatic carbocycles. The van der Waals surface area contributed by atoms with E-state index in [9.17, 15) is 8.78 Å². The Morgan fingerprint density at radius 2 is 1.69 bits per heavy atom. The molecule has 1 nitrogen and oxygen atoms in total. The maximum absolute atomic E-state index is 11.9. The van der Waals surface area contributed by atoms with Crippen molar-refractivity contribution >= 4 is 11.6 Å². The standard InChI is InChI=1S/C9H9ClF2O/c1-5-3-7(10)4-6(2)8(5)13-9(11)12/h3-4,9H,1-2H3. The molecule has 4 heteroatoms. The zero-order valence-electron chi connectivity index (χ0n) is 7.27. The fourth-order valence-corrected chi connectivity index (χ4v) is 1.50. The lowest BCUT2D eigenvalue weighted by Crippen LogP contribution is -2.04. The zero-order chi connectivity index (χ0) is 10.0. The van der Waals surface area contributed by atoms with Crippen molar-refractivity contribution in [2.75, 3.05) is 0 Å². The van der Waals surface area contributed by atoms with Crippen LogP contribution in [-0.4, -0.2) is 6.61 Å². The largest absolute Gasteiger partial charge is 0.434 e. The fourth-order valence-electron chi connectivity index (χ4n) is 1.17. The average Bonchev–Trinajstić information content (AvgIpc) is 1.96. The number of halogens is 3. The molecule has 0 spiro atoms. The number of aryl methyl sites for hydroxylation is 2. The Hall–Kier alpha value is -0.830. The highest BCUT2D eigenvalue weighted by atomic mass is 35.5. The van der Waals surface area contributed by atoms with E-state index >= 15 is 0 Å². The van der Waals surface area contributed by atoms with Gasteiger partial charge in [0.15, 0.2) is 0 Å². The molecule has 0 radical (unpaired) electrons. The van der Waals surface area contributed by atoms with E-state index in [1.54, 1.807) is 26.0 Å². The normalized spacial score (nSPS) is 10.6. The van der Waals surface area contributed by atoms with E-state index in [1.807, 2.05) is 0 Å². The van der Waals surface area contributed by atoms with Crippen molar-refractivity contribution < 1.29 is 13.5 Å². The first-order chi connectivity index (χ1) is 6.00. The molecule has 0 heterocycles. The molecule has 0 aliphatic heterocycles. The van der Waals surface area contributed by atoms with Gasteiger partial charge in [-0.15, -0.1) is 0 Å². The van der Waals surface area contributed by atoms with Crippen LogP contribution in [0.5, 0.6) is 5.75 Å². The molecule has 0 atom stereocenters. The first-order valence-electron chi connectivity index (χ1n) is 3.72. The highest BCUT2D eigenvalue weighted by Crippen LogP contribution is 2.28. The number of benzene rings is 1. The Morgan fingerprint density at radius 1 is 1.23 bits per heavy atom. The highest BCUT2D eigenvalue weighted by Gasteiger charge is 2.10. The molecule has 1 aromatic carbocycles.